The molecule has 0 spiro atoms. The number of rotatable bonds is 9. The molecule has 1 saturated heterocycles. The quantitative estimate of drug-likeness (QED) is 0.243. The minimum absolute atomic E-state index is 0.00384. The van der Waals surface area contributed by atoms with Gasteiger partial charge in [-0.2, -0.15) is 5.10 Å². The number of carboxylic acids is 2. The van der Waals surface area contributed by atoms with Crippen molar-refractivity contribution >= 4 is 39.4 Å². The number of carbonyl (C=O) groups is 2. The van der Waals surface area contributed by atoms with Crippen molar-refractivity contribution in [3.8, 4) is 16.9 Å². The topological polar surface area (TPSA) is 144 Å². The predicted octanol–water partition coefficient (Wildman–Crippen LogP) is 4.37. The molecule has 6 rings (SSSR count). The molecule has 10 heteroatoms. The van der Waals surface area contributed by atoms with Gasteiger partial charge in [0, 0.05) is 35.6 Å². The van der Waals surface area contributed by atoms with Gasteiger partial charge in [0.1, 0.15) is 23.9 Å². The summed E-state index contributed by atoms with van der Waals surface area (Å²) >= 11 is 0. The first-order chi connectivity index (χ1) is 19.9. The van der Waals surface area contributed by atoms with E-state index in [1.54, 1.807) is 24.4 Å². The first-order valence-electron chi connectivity index (χ1n) is 13.4. The van der Waals surface area contributed by atoms with Gasteiger partial charge in [0.25, 0.3) is 0 Å². The van der Waals surface area contributed by atoms with Crippen LogP contribution in [0.3, 0.4) is 0 Å². The Labute approximate surface area is 235 Å². The lowest BCUT2D eigenvalue weighted by Gasteiger charge is -2.14. The molecule has 1 fully saturated rings. The Morgan fingerprint density at radius 1 is 0.976 bits per heavy atom. The van der Waals surface area contributed by atoms with Gasteiger partial charge in [-0.25, -0.2) is 4.98 Å². The van der Waals surface area contributed by atoms with E-state index in [0.717, 1.165) is 39.2 Å². The van der Waals surface area contributed by atoms with E-state index in [2.05, 4.69) is 11.1 Å². The van der Waals surface area contributed by atoms with Crippen LogP contribution in [0.25, 0.3) is 32.8 Å². The number of pyridine rings is 1. The van der Waals surface area contributed by atoms with Crippen LogP contribution < -0.4 is 10.5 Å². The first kappa shape index (κ1) is 26.3. The van der Waals surface area contributed by atoms with Gasteiger partial charge in [0.15, 0.2) is 0 Å². The van der Waals surface area contributed by atoms with E-state index in [-0.39, 0.29) is 25.6 Å². The molecule has 0 saturated carbocycles. The summed E-state index contributed by atoms with van der Waals surface area (Å²) in [5, 5.41) is 26.3. The third kappa shape index (κ3) is 5.42. The number of aliphatic carboxylic acids is 2. The van der Waals surface area contributed by atoms with E-state index in [1.807, 2.05) is 52.0 Å². The molecule has 0 bridgehead atoms. The molecule has 4 N–H and O–H groups in total. The lowest BCUT2D eigenvalue weighted by molar-refractivity contribution is -0.138. The molecule has 41 heavy (non-hydrogen) atoms. The van der Waals surface area contributed by atoms with E-state index in [4.69, 9.17) is 15.6 Å². The number of hydrogen-bond donors (Lipinski definition) is 3. The van der Waals surface area contributed by atoms with Crippen molar-refractivity contribution in [3.63, 3.8) is 0 Å². The van der Waals surface area contributed by atoms with Gasteiger partial charge in [0.05, 0.1) is 24.5 Å². The summed E-state index contributed by atoms with van der Waals surface area (Å²) in [5.41, 5.74) is 10.3. The first-order valence-corrected chi connectivity index (χ1v) is 13.4. The van der Waals surface area contributed by atoms with Crippen LogP contribution in [0, 0.1) is 0 Å². The third-order valence-electron chi connectivity index (χ3n) is 7.54. The number of nitrogens with zero attached hydrogens (tertiary/aromatic N) is 4. The number of carboxylic acid groups (broad SMARTS) is 2. The summed E-state index contributed by atoms with van der Waals surface area (Å²) in [5.74, 6) is -0.806. The van der Waals surface area contributed by atoms with Crippen LogP contribution in [-0.2, 0) is 22.6 Å². The van der Waals surface area contributed by atoms with E-state index >= 15 is 0 Å². The number of anilines is 1. The molecule has 3 aromatic carbocycles. The Hall–Kier alpha value is -4.96. The zero-order chi connectivity index (χ0) is 28.5. The molecule has 0 radical (unpaired) electrons. The highest BCUT2D eigenvalue weighted by atomic mass is 16.5. The van der Waals surface area contributed by atoms with Gasteiger partial charge >= 0.3 is 11.9 Å². The van der Waals surface area contributed by atoms with Gasteiger partial charge in [-0.3, -0.25) is 19.2 Å². The van der Waals surface area contributed by atoms with E-state index in [0.29, 0.717) is 35.9 Å². The van der Waals surface area contributed by atoms with Crippen LogP contribution >= 0.6 is 0 Å². The third-order valence-corrected chi connectivity index (χ3v) is 7.54. The average molecular weight is 552 g/mol. The fourth-order valence-corrected chi connectivity index (χ4v) is 5.59. The van der Waals surface area contributed by atoms with Gasteiger partial charge in [-0.05, 0) is 53.3 Å². The standard InChI is InChI=1S/C31H29N5O5/c32-31-24-13-20(6-5-19(24)9-11-33-31)21-7-8-27-25(14-21)26(18-41-28-4-2-1-3-22(28)15-29(37)38)34-36(27)23-10-12-35(16-23)17-30(39)40/h1-9,11,13-14,23H,10,12,15-18H2,(H2,32,33)(H,37,38)(H,39,40). The Morgan fingerprint density at radius 3 is 2.56 bits per heavy atom. The van der Waals surface area contributed by atoms with Crippen LogP contribution in [0.15, 0.2) is 72.9 Å². The lowest BCUT2D eigenvalue weighted by atomic mass is 10.00. The van der Waals surface area contributed by atoms with Crippen molar-refractivity contribution in [2.45, 2.75) is 25.5 Å². The Balaban J connectivity index is 1.39. The molecule has 10 nitrogen and oxygen atoms in total. The number of likely N-dealkylation sites (tertiary alicyclic amines) is 1. The minimum Gasteiger partial charge on any atom is -0.487 e. The number of nitrogen functional groups attached to an aromatic ring is 1. The second-order valence-corrected chi connectivity index (χ2v) is 10.3. The number of aromatic nitrogens is 3. The Bertz CT molecular complexity index is 1780. The molecule has 208 valence electrons. The number of hydrogen-bond acceptors (Lipinski definition) is 7. The number of fused-ring (bicyclic) bond motifs is 2. The van der Waals surface area contributed by atoms with Crippen molar-refractivity contribution in [1.82, 2.24) is 19.7 Å². The normalized spacial score (nSPS) is 15.5. The highest BCUT2D eigenvalue weighted by Crippen LogP contribution is 2.33. The molecule has 1 aliphatic heterocycles. The molecular weight excluding hydrogens is 522 g/mol. The number of nitrogens with two attached hydrogens (primary N) is 1. The van der Waals surface area contributed by atoms with Crippen LogP contribution in [0.5, 0.6) is 5.75 Å². The van der Waals surface area contributed by atoms with Crippen LogP contribution in [0.1, 0.15) is 23.7 Å². The van der Waals surface area contributed by atoms with Crippen molar-refractivity contribution in [2.75, 3.05) is 25.4 Å². The highest BCUT2D eigenvalue weighted by Gasteiger charge is 2.28. The van der Waals surface area contributed by atoms with Gasteiger partial charge < -0.3 is 20.7 Å². The second kappa shape index (κ2) is 10.9. The van der Waals surface area contributed by atoms with Crippen LogP contribution in [0.2, 0.25) is 0 Å². The molecule has 1 aliphatic rings. The fraction of sp³-hybridized carbons (Fsp3) is 0.226. The van der Waals surface area contributed by atoms with Gasteiger partial charge in [0.2, 0.25) is 0 Å². The predicted molar refractivity (Wildman–Crippen MR) is 155 cm³/mol. The Kier molecular flexibility index (Phi) is 6.98. The van der Waals surface area contributed by atoms with Gasteiger partial charge in [-0.1, -0.05) is 36.4 Å². The van der Waals surface area contributed by atoms with Gasteiger partial charge in [-0.15, -0.1) is 0 Å². The van der Waals surface area contributed by atoms with Crippen molar-refractivity contribution in [1.29, 1.82) is 0 Å². The number of ether oxygens (including phenoxy) is 1. The average Bonchev–Trinajstić information content (AvgIpc) is 3.56. The number of para-hydroxylation sites is 1. The van der Waals surface area contributed by atoms with Crippen molar-refractivity contribution < 1.29 is 24.5 Å². The summed E-state index contributed by atoms with van der Waals surface area (Å²) < 4.78 is 8.13. The lowest BCUT2D eigenvalue weighted by Crippen LogP contribution is -2.28. The summed E-state index contributed by atoms with van der Waals surface area (Å²) in [6.07, 6.45) is 2.33. The monoisotopic (exact) mass is 551 g/mol. The molecule has 0 amide bonds. The Morgan fingerprint density at radius 2 is 1.76 bits per heavy atom. The minimum atomic E-state index is -0.932. The maximum Gasteiger partial charge on any atom is 0.317 e. The summed E-state index contributed by atoms with van der Waals surface area (Å²) in [6, 6.07) is 21.3. The zero-order valence-corrected chi connectivity index (χ0v) is 22.2. The fourth-order valence-electron chi connectivity index (χ4n) is 5.59. The SMILES string of the molecule is Nc1nccc2ccc(-c3ccc4c(c3)c(COc3ccccc3CC(=O)O)nn4C3CCN(CC(=O)O)C3)cc12. The summed E-state index contributed by atoms with van der Waals surface area (Å²) in [4.78, 5) is 28.8. The summed E-state index contributed by atoms with van der Waals surface area (Å²) in [6.45, 7) is 1.40. The molecule has 2 aromatic heterocycles. The second-order valence-electron chi connectivity index (χ2n) is 10.3. The highest BCUT2D eigenvalue weighted by molar-refractivity contribution is 5.95. The largest absolute Gasteiger partial charge is 0.487 e. The molecule has 1 atom stereocenters. The maximum atomic E-state index is 11.4. The maximum absolute atomic E-state index is 11.4. The van der Waals surface area contributed by atoms with Crippen LogP contribution in [0.4, 0.5) is 5.82 Å². The molecular formula is C31H29N5O5. The summed E-state index contributed by atoms with van der Waals surface area (Å²) in [7, 11) is 0. The van der Waals surface area contributed by atoms with E-state index < -0.39 is 11.9 Å². The number of benzene rings is 3. The zero-order valence-electron chi connectivity index (χ0n) is 22.2. The molecule has 1 unspecified atom stereocenters. The van der Waals surface area contributed by atoms with E-state index in [1.165, 1.54) is 0 Å². The smallest absolute Gasteiger partial charge is 0.317 e. The van der Waals surface area contributed by atoms with E-state index in [9.17, 15) is 19.8 Å². The van der Waals surface area contributed by atoms with Crippen molar-refractivity contribution in [3.05, 3.63) is 84.2 Å². The molecule has 0 aliphatic carbocycles. The molecule has 3 heterocycles. The van der Waals surface area contributed by atoms with Crippen molar-refractivity contribution in [2.24, 2.45) is 0 Å². The molecule has 5 aromatic rings. The van der Waals surface area contributed by atoms with Crippen LogP contribution in [-0.4, -0.2) is 61.5 Å².